The molecule has 0 spiro atoms. The molecule has 1 heterocycles. The lowest BCUT2D eigenvalue weighted by Gasteiger charge is -2.12. The van der Waals surface area contributed by atoms with Crippen LogP contribution in [0.15, 0.2) is 36.8 Å². The van der Waals surface area contributed by atoms with E-state index in [1.807, 2.05) is 6.92 Å². The maximum atomic E-state index is 10.5. The standard InChI is InChI=1S/C14H17N3O5/c1-2-21-12-3-5-13(6-4-12)22-9-11(18)7-16-8-14(15-10-16)17(19)20/h3-6,8,10-11,18H,2,7,9H2,1H3. The van der Waals surface area contributed by atoms with Gasteiger partial charge in [-0.2, -0.15) is 0 Å². The monoisotopic (exact) mass is 307 g/mol. The van der Waals surface area contributed by atoms with Crippen LogP contribution in [0, 0.1) is 10.1 Å². The van der Waals surface area contributed by atoms with E-state index in [2.05, 4.69) is 4.98 Å². The fourth-order valence-electron chi connectivity index (χ4n) is 1.83. The third kappa shape index (κ3) is 4.45. The van der Waals surface area contributed by atoms with E-state index in [9.17, 15) is 15.2 Å². The quantitative estimate of drug-likeness (QED) is 0.587. The van der Waals surface area contributed by atoms with Gasteiger partial charge in [0.2, 0.25) is 6.33 Å². The second kappa shape index (κ2) is 7.41. The first kappa shape index (κ1) is 15.8. The average molecular weight is 307 g/mol. The summed E-state index contributed by atoms with van der Waals surface area (Å²) in [5.41, 5.74) is 0. The molecule has 0 bridgehead atoms. The van der Waals surface area contributed by atoms with E-state index in [0.29, 0.717) is 12.4 Å². The predicted molar refractivity (Wildman–Crippen MR) is 78.0 cm³/mol. The van der Waals surface area contributed by atoms with Crippen LogP contribution in [0.5, 0.6) is 11.5 Å². The highest BCUT2D eigenvalue weighted by Crippen LogP contribution is 2.17. The van der Waals surface area contributed by atoms with Crippen molar-refractivity contribution in [2.75, 3.05) is 13.2 Å². The Morgan fingerprint density at radius 1 is 1.32 bits per heavy atom. The van der Waals surface area contributed by atoms with Crippen molar-refractivity contribution in [3.8, 4) is 11.5 Å². The Balaban J connectivity index is 1.81. The molecule has 0 fully saturated rings. The summed E-state index contributed by atoms with van der Waals surface area (Å²) in [5.74, 6) is 1.11. The van der Waals surface area contributed by atoms with Crippen molar-refractivity contribution in [1.82, 2.24) is 9.55 Å². The second-order valence-corrected chi connectivity index (χ2v) is 4.56. The number of ether oxygens (including phenoxy) is 2. The fraction of sp³-hybridized carbons (Fsp3) is 0.357. The summed E-state index contributed by atoms with van der Waals surface area (Å²) >= 11 is 0. The molecular weight excluding hydrogens is 290 g/mol. The summed E-state index contributed by atoms with van der Waals surface area (Å²) in [7, 11) is 0. The molecule has 0 aliphatic rings. The molecule has 1 aromatic heterocycles. The lowest BCUT2D eigenvalue weighted by molar-refractivity contribution is -0.389. The van der Waals surface area contributed by atoms with Gasteiger partial charge in [-0.1, -0.05) is 0 Å². The molecule has 0 aliphatic heterocycles. The van der Waals surface area contributed by atoms with Crippen LogP contribution in [0.1, 0.15) is 6.92 Å². The smallest absolute Gasteiger partial charge is 0.381 e. The Kier molecular flexibility index (Phi) is 5.31. The molecule has 1 aromatic carbocycles. The molecule has 118 valence electrons. The van der Waals surface area contributed by atoms with Gasteiger partial charge in [0.15, 0.2) is 0 Å². The summed E-state index contributed by atoms with van der Waals surface area (Å²) in [6, 6.07) is 7.06. The summed E-state index contributed by atoms with van der Waals surface area (Å²) in [6.07, 6.45) is 1.76. The SMILES string of the molecule is CCOc1ccc(OCC(O)Cn2cnc([N+](=O)[O-])c2)cc1. The molecule has 2 rings (SSSR count). The van der Waals surface area contributed by atoms with E-state index in [1.54, 1.807) is 24.3 Å². The molecule has 1 N–H and O–H groups in total. The van der Waals surface area contributed by atoms with Crippen LogP contribution < -0.4 is 9.47 Å². The number of hydrogen-bond acceptors (Lipinski definition) is 6. The summed E-state index contributed by atoms with van der Waals surface area (Å²) in [4.78, 5) is 13.5. The Bertz CT molecular complexity index is 611. The highest BCUT2D eigenvalue weighted by atomic mass is 16.6. The number of hydrogen-bond donors (Lipinski definition) is 1. The van der Waals surface area contributed by atoms with Gasteiger partial charge in [0.05, 0.1) is 13.2 Å². The van der Waals surface area contributed by atoms with Gasteiger partial charge in [-0.3, -0.25) is 0 Å². The van der Waals surface area contributed by atoms with Gasteiger partial charge in [-0.25, -0.2) is 0 Å². The lowest BCUT2D eigenvalue weighted by Crippen LogP contribution is -2.23. The zero-order valence-electron chi connectivity index (χ0n) is 12.1. The minimum atomic E-state index is -0.805. The summed E-state index contributed by atoms with van der Waals surface area (Å²) in [6.45, 7) is 2.73. The van der Waals surface area contributed by atoms with Gasteiger partial charge in [0, 0.05) is 0 Å². The Morgan fingerprint density at radius 2 is 1.95 bits per heavy atom. The Hall–Kier alpha value is -2.61. The zero-order valence-corrected chi connectivity index (χ0v) is 12.1. The highest BCUT2D eigenvalue weighted by molar-refractivity contribution is 5.31. The highest BCUT2D eigenvalue weighted by Gasteiger charge is 2.13. The molecule has 0 saturated heterocycles. The summed E-state index contributed by atoms with van der Waals surface area (Å²) < 4.78 is 12.2. The minimum absolute atomic E-state index is 0.0694. The van der Waals surface area contributed by atoms with E-state index in [4.69, 9.17) is 9.47 Å². The van der Waals surface area contributed by atoms with Crippen LogP contribution in [0.2, 0.25) is 0 Å². The summed E-state index contributed by atoms with van der Waals surface area (Å²) in [5, 5.41) is 20.4. The van der Waals surface area contributed by atoms with E-state index in [-0.39, 0.29) is 19.0 Å². The maximum Gasteiger partial charge on any atom is 0.381 e. The number of benzene rings is 1. The zero-order chi connectivity index (χ0) is 15.9. The first-order chi connectivity index (χ1) is 10.6. The Labute approximate surface area is 127 Å². The number of nitro groups is 1. The van der Waals surface area contributed by atoms with Crippen molar-refractivity contribution in [1.29, 1.82) is 0 Å². The van der Waals surface area contributed by atoms with E-state index < -0.39 is 11.0 Å². The van der Waals surface area contributed by atoms with Gasteiger partial charge in [0.1, 0.15) is 30.4 Å². The molecule has 2 aromatic rings. The first-order valence-corrected chi connectivity index (χ1v) is 6.78. The number of aliphatic hydroxyl groups excluding tert-OH is 1. The van der Waals surface area contributed by atoms with Crippen LogP contribution >= 0.6 is 0 Å². The Morgan fingerprint density at radius 3 is 2.50 bits per heavy atom. The molecule has 8 nitrogen and oxygen atoms in total. The molecule has 0 aliphatic carbocycles. The molecule has 22 heavy (non-hydrogen) atoms. The van der Waals surface area contributed by atoms with Gasteiger partial charge in [-0.05, 0) is 41.1 Å². The molecule has 0 radical (unpaired) electrons. The van der Waals surface area contributed by atoms with Crippen LogP contribution in [-0.4, -0.2) is 38.9 Å². The van der Waals surface area contributed by atoms with Gasteiger partial charge in [-0.15, -0.1) is 0 Å². The maximum absolute atomic E-state index is 10.5. The van der Waals surface area contributed by atoms with E-state index in [0.717, 1.165) is 5.75 Å². The number of aliphatic hydroxyl groups is 1. The van der Waals surface area contributed by atoms with Crippen molar-refractivity contribution >= 4 is 5.82 Å². The molecule has 0 amide bonds. The normalized spacial score (nSPS) is 11.9. The van der Waals surface area contributed by atoms with Crippen molar-refractivity contribution in [3.63, 3.8) is 0 Å². The van der Waals surface area contributed by atoms with Crippen molar-refractivity contribution in [2.45, 2.75) is 19.6 Å². The first-order valence-electron chi connectivity index (χ1n) is 6.78. The topological polar surface area (TPSA) is 99.7 Å². The van der Waals surface area contributed by atoms with Crippen molar-refractivity contribution in [2.24, 2.45) is 0 Å². The van der Waals surface area contributed by atoms with Gasteiger partial charge < -0.3 is 29.3 Å². The lowest BCUT2D eigenvalue weighted by atomic mass is 10.3. The van der Waals surface area contributed by atoms with Crippen LogP contribution in [0.3, 0.4) is 0 Å². The van der Waals surface area contributed by atoms with Gasteiger partial charge in [0.25, 0.3) is 0 Å². The number of rotatable bonds is 8. The predicted octanol–water partition coefficient (Wildman–Crippen LogP) is 1.63. The molecule has 0 saturated carbocycles. The second-order valence-electron chi connectivity index (χ2n) is 4.56. The molecule has 8 heteroatoms. The van der Waals surface area contributed by atoms with Crippen molar-refractivity contribution in [3.05, 3.63) is 46.9 Å². The third-order valence-corrected chi connectivity index (χ3v) is 2.81. The third-order valence-electron chi connectivity index (χ3n) is 2.81. The van der Waals surface area contributed by atoms with Crippen LogP contribution in [-0.2, 0) is 6.54 Å². The van der Waals surface area contributed by atoms with E-state index in [1.165, 1.54) is 17.1 Å². The number of imidazole rings is 1. The molecule has 1 unspecified atom stereocenters. The molecule has 1 atom stereocenters. The van der Waals surface area contributed by atoms with Crippen LogP contribution in [0.4, 0.5) is 5.82 Å². The minimum Gasteiger partial charge on any atom is -0.494 e. The number of aromatic nitrogens is 2. The van der Waals surface area contributed by atoms with Crippen molar-refractivity contribution < 1.29 is 19.5 Å². The van der Waals surface area contributed by atoms with Crippen LogP contribution in [0.25, 0.3) is 0 Å². The molecular formula is C14H17N3O5. The number of nitrogens with zero attached hydrogens (tertiary/aromatic N) is 3. The fourth-order valence-corrected chi connectivity index (χ4v) is 1.83. The average Bonchev–Trinajstić information content (AvgIpc) is 2.95. The van der Waals surface area contributed by atoms with E-state index >= 15 is 0 Å². The van der Waals surface area contributed by atoms with Gasteiger partial charge >= 0.3 is 5.82 Å². The largest absolute Gasteiger partial charge is 0.494 e.